The number of hydrogen-bond acceptors (Lipinski definition) is 3. The van der Waals surface area contributed by atoms with Crippen LogP contribution in [-0.4, -0.2) is 22.9 Å². The molecule has 1 N–H and O–H groups in total. The van der Waals surface area contributed by atoms with Crippen LogP contribution in [0, 0.1) is 0 Å². The van der Waals surface area contributed by atoms with E-state index in [0.717, 1.165) is 18.0 Å². The number of nitrogens with one attached hydrogen (secondary N) is 1. The Morgan fingerprint density at radius 2 is 2.06 bits per heavy atom. The standard InChI is InChI=1S/C14H19N3O/c1-3-15-13(14-9-10-16-17(14)2)11-18-12-7-5-4-6-8-12/h4-10,13,15H,3,11H2,1-2H3. The van der Waals surface area contributed by atoms with Gasteiger partial charge in [-0.3, -0.25) is 4.68 Å². The summed E-state index contributed by atoms with van der Waals surface area (Å²) in [6, 6.07) is 12.0. The zero-order chi connectivity index (χ0) is 12.8. The van der Waals surface area contributed by atoms with Crippen LogP contribution in [0.4, 0.5) is 0 Å². The third-order valence-corrected chi connectivity index (χ3v) is 2.83. The molecule has 4 nitrogen and oxygen atoms in total. The monoisotopic (exact) mass is 245 g/mol. The molecule has 1 aromatic heterocycles. The van der Waals surface area contributed by atoms with Gasteiger partial charge in [0.2, 0.25) is 0 Å². The summed E-state index contributed by atoms with van der Waals surface area (Å²) in [5.74, 6) is 0.891. The van der Waals surface area contributed by atoms with Gasteiger partial charge in [-0.05, 0) is 24.7 Å². The summed E-state index contributed by atoms with van der Waals surface area (Å²) in [5.41, 5.74) is 1.13. The van der Waals surface area contributed by atoms with Crippen molar-refractivity contribution in [2.75, 3.05) is 13.2 Å². The van der Waals surface area contributed by atoms with Crippen molar-refractivity contribution >= 4 is 0 Å². The Morgan fingerprint density at radius 3 is 2.67 bits per heavy atom. The third-order valence-electron chi connectivity index (χ3n) is 2.83. The maximum Gasteiger partial charge on any atom is 0.119 e. The van der Waals surface area contributed by atoms with Crippen LogP contribution in [0.15, 0.2) is 42.6 Å². The second kappa shape index (κ2) is 6.21. The van der Waals surface area contributed by atoms with Gasteiger partial charge in [-0.25, -0.2) is 0 Å². The van der Waals surface area contributed by atoms with Crippen LogP contribution in [0.25, 0.3) is 0 Å². The summed E-state index contributed by atoms with van der Waals surface area (Å²) in [6.45, 7) is 3.58. The van der Waals surface area contributed by atoms with Crippen molar-refractivity contribution in [3.05, 3.63) is 48.3 Å². The van der Waals surface area contributed by atoms with Crippen molar-refractivity contribution < 1.29 is 4.74 Å². The van der Waals surface area contributed by atoms with E-state index in [-0.39, 0.29) is 6.04 Å². The molecule has 96 valence electrons. The molecule has 0 fully saturated rings. The van der Waals surface area contributed by atoms with Gasteiger partial charge in [-0.1, -0.05) is 25.1 Å². The fourth-order valence-corrected chi connectivity index (χ4v) is 1.92. The number of nitrogens with zero attached hydrogens (tertiary/aromatic N) is 2. The highest BCUT2D eigenvalue weighted by atomic mass is 16.5. The number of hydrogen-bond donors (Lipinski definition) is 1. The minimum atomic E-state index is 0.155. The summed E-state index contributed by atoms with van der Waals surface area (Å²) >= 11 is 0. The van der Waals surface area contributed by atoms with Crippen molar-refractivity contribution in [3.63, 3.8) is 0 Å². The maximum absolute atomic E-state index is 5.80. The highest BCUT2D eigenvalue weighted by Gasteiger charge is 2.14. The third kappa shape index (κ3) is 3.11. The van der Waals surface area contributed by atoms with Gasteiger partial charge in [0.1, 0.15) is 12.4 Å². The fraction of sp³-hybridized carbons (Fsp3) is 0.357. The Hall–Kier alpha value is -1.81. The Bertz CT molecular complexity index is 467. The van der Waals surface area contributed by atoms with Crippen molar-refractivity contribution in [3.8, 4) is 5.75 Å². The van der Waals surface area contributed by atoms with E-state index in [1.54, 1.807) is 0 Å². The molecule has 1 atom stereocenters. The van der Waals surface area contributed by atoms with E-state index in [1.807, 2.05) is 54.3 Å². The van der Waals surface area contributed by atoms with E-state index in [4.69, 9.17) is 4.74 Å². The average molecular weight is 245 g/mol. The van der Waals surface area contributed by atoms with Crippen molar-refractivity contribution in [2.45, 2.75) is 13.0 Å². The van der Waals surface area contributed by atoms with Crippen LogP contribution in [0.5, 0.6) is 5.75 Å². The lowest BCUT2D eigenvalue weighted by molar-refractivity contribution is 0.262. The van der Waals surface area contributed by atoms with Crippen LogP contribution < -0.4 is 10.1 Å². The molecule has 0 aliphatic carbocycles. The summed E-state index contributed by atoms with van der Waals surface area (Å²) in [6.07, 6.45) is 1.81. The molecule has 1 aromatic carbocycles. The average Bonchev–Trinajstić information content (AvgIpc) is 2.82. The van der Waals surface area contributed by atoms with Crippen molar-refractivity contribution in [2.24, 2.45) is 7.05 Å². The molecular weight excluding hydrogens is 226 g/mol. The molecule has 2 rings (SSSR count). The predicted molar refractivity (Wildman–Crippen MR) is 71.6 cm³/mol. The van der Waals surface area contributed by atoms with Crippen LogP contribution in [0.2, 0.25) is 0 Å². The largest absolute Gasteiger partial charge is 0.492 e. The van der Waals surface area contributed by atoms with E-state index in [0.29, 0.717) is 6.61 Å². The maximum atomic E-state index is 5.80. The molecule has 1 unspecified atom stereocenters. The van der Waals surface area contributed by atoms with E-state index in [2.05, 4.69) is 17.3 Å². The summed E-state index contributed by atoms with van der Waals surface area (Å²) < 4.78 is 7.67. The number of aromatic nitrogens is 2. The molecule has 0 saturated heterocycles. The number of aryl methyl sites for hydroxylation is 1. The van der Waals surface area contributed by atoms with Gasteiger partial charge in [0.25, 0.3) is 0 Å². The smallest absolute Gasteiger partial charge is 0.119 e. The lowest BCUT2D eigenvalue weighted by Gasteiger charge is -2.18. The summed E-state index contributed by atoms with van der Waals surface area (Å²) in [7, 11) is 1.95. The van der Waals surface area contributed by atoms with Crippen LogP contribution >= 0.6 is 0 Å². The molecule has 0 spiro atoms. The number of likely N-dealkylation sites (N-methyl/N-ethyl adjacent to an activating group) is 1. The highest BCUT2D eigenvalue weighted by Crippen LogP contribution is 2.15. The van der Waals surface area contributed by atoms with Crippen molar-refractivity contribution in [1.29, 1.82) is 0 Å². The quantitative estimate of drug-likeness (QED) is 0.847. The summed E-state index contributed by atoms with van der Waals surface area (Å²) in [5, 5.41) is 7.61. The molecule has 2 aromatic rings. The molecule has 0 aliphatic heterocycles. The molecule has 0 amide bonds. The lowest BCUT2D eigenvalue weighted by atomic mass is 10.2. The minimum Gasteiger partial charge on any atom is -0.492 e. The second-order valence-corrected chi connectivity index (χ2v) is 4.11. The highest BCUT2D eigenvalue weighted by molar-refractivity contribution is 5.21. The van der Waals surface area contributed by atoms with E-state index >= 15 is 0 Å². The number of para-hydroxylation sites is 1. The van der Waals surface area contributed by atoms with Gasteiger partial charge in [0, 0.05) is 13.2 Å². The number of ether oxygens (including phenoxy) is 1. The Balaban J connectivity index is 2.01. The number of rotatable bonds is 6. The Kier molecular flexibility index (Phi) is 4.36. The van der Waals surface area contributed by atoms with Crippen molar-refractivity contribution in [1.82, 2.24) is 15.1 Å². The zero-order valence-corrected chi connectivity index (χ0v) is 10.8. The first kappa shape index (κ1) is 12.6. The topological polar surface area (TPSA) is 39.1 Å². The fourth-order valence-electron chi connectivity index (χ4n) is 1.92. The second-order valence-electron chi connectivity index (χ2n) is 4.11. The molecule has 18 heavy (non-hydrogen) atoms. The minimum absolute atomic E-state index is 0.155. The van der Waals surface area contributed by atoms with Crippen LogP contribution in [0.3, 0.4) is 0 Å². The molecule has 0 saturated carbocycles. The van der Waals surface area contributed by atoms with E-state index in [9.17, 15) is 0 Å². The van der Waals surface area contributed by atoms with Gasteiger partial charge >= 0.3 is 0 Å². The number of benzene rings is 1. The summed E-state index contributed by atoms with van der Waals surface area (Å²) in [4.78, 5) is 0. The molecule has 4 heteroatoms. The van der Waals surface area contributed by atoms with Crippen LogP contribution in [-0.2, 0) is 7.05 Å². The first-order chi connectivity index (χ1) is 8.81. The van der Waals surface area contributed by atoms with Gasteiger partial charge in [-0.2, -0.15) is 5.10 Å². The molecule has 1 heterocycles. The SMILES string of the molecule is CCNC(COc1ccccc1)c1ccnn1C. The molecule has 0 aliphatic rings. The zero-order valence-electron chi connectivity index (χ0n) is 10.8. The molecular formula is C14H19N3O. The molecule has 0 radical (unpaired) electrons. The van der Waals surface area contributed by atoms with Gasteiger partial charge in [-0.15, -0.1) is 0 Å². The van der Waals surface area contributed by atoms with Gasteiger partial charge in [0.05, 0.1) is 11.7 Å². The Morgan fingerprint density at radius 1 is 1.28 bits per heavy atom. The van der Waals surface area contributed by atoms with Crippen LogP contribution in [0.1, 0.15) is 18.7 Å². The lowest BCUT2D eigenvalue weighted by Crippen LogP contribution is -2.28. The predicted octanol–water partition coefficient (Wildman–Crippen LogP) is 2.15. The van der Waals surface area contributed by atoms with Gasteiger partial charge < -0.3 is 10.1 Å². The Labute approximate surface area is 108 Å². The first-order valence-corrected chi connectivity index (χ1v) is 6.20. The first-order valence-electron chi connectivity index (χ1n) is 6.20. The normalized spacial score (nSPS) is 12.3. The molecule has 0 bridgehead atoms. The van der Waals surface area contributed by atoms with Gasteiger partial charge in [0.15, 0.2) is 0 Å². The van der Waals surface area contributed by atoms with E-state index < -0.39 is 0 Å². The van der Waals surface area contributed by atoms with E-state index in [1.165, 1.54) is 0 Å².